The monoisotopic (exact) mass is 290 g/mol. The minimum atomic E-state index is -4.56. The fraction of sp³-hybridized carbons (Fsp3) is 0.462. The molecule has 4 nitrogen and oxygen atoms in total. The first-order chi connectivity index (χ1) is 9.05. The summed E-state index contributed by atoms with van der Waals surface area (Å²) in [4.78, 5) is 11.7. The number of nitrogen functional groups attached to an aromatic ring is 1. The number of alkyl halides is 3. The van der Waals surface area contributed by atoms with Gasteiger partial charge in [-0.25, -0.2) is 0 Å². The summed E-state index contributed by atoms with van der Waals surface area (Å²) in [5, 5.41) is 2.40. The molecule has 0 spiro atoms. The number of halogens is 3. The van der Waals surface area contributed by atoms with Crippen molar-refractivity contribution in [1.29, 1.82) is 0 Å². The van der Waals surface area contributed by atoms with Gasteiger partial charge in [0.05, 0.1) is 17.6 Å². The number of hydrogen-bond acceptors (Lipinski definition) is 3. The molecule has 0 saturated carbocycles. The Morgan fingerprint density at radius 1 is 1.35 bits per heavy atom. The number of methoxy groups -OCH3 is 1. The Bertz CT molecular complexity index is 499. The molecule has 3 N–H and O–H groups in total. The van der Waals surface area contributed by atoms with E-state index in [2.05, 4.69) is 5.32 Å². The predicted octanol–water partition coefficient (Wildman–Crippen LogP) is 3.04. The first kappa shape index (κ1) is 16.3. The first-order valence-electron chi connectivity index (χ1n) is 5.87. The quantitative estimate of drug-likeness (QED) is 0.838. The average molecular weight is 290 g/mol. The summed E-state index contributed by atoms with van der Waals surface area (Å²) >= 11 is 0. The molecule has 7 heteroatoms. The lowest BCUT2D eigenvalue weighted by atomic mass is 10.0. The van der Waals surface area contributed by atoms with Crippen LogP contribution in [0.3, 0.4) is 0 Å². The maximum Gasteiger partial charge on any atom is 0.418 e. The van der Waals surface area contributed by atoms with Crippen LogP contribution in [-0.2, 0) is 15.7 Å². The van der Waals surface area contributed by atoms with Crippen molar-refractivity contribution in [2.75, 3.05) is 18.2 Å². The largest absolute Gasteiger partial charge is 0.418 e. The number of amides is 1. The molecule has 0 aromatic heterocycles. The molecular weight excluding hydrogens is 273 g/mol. The van der Waals surface area contributed by atoms with E-state index in [1.165, 1.54) is 13.2 Å². The molecule has 0 fully saturated rings. The zero-order valence-electron chi connectivity index (χ0n) is 11.5. The van der Waals surface area contributed by atoms with Gasteiger partial charge in [-0.05, 0) is 32.0 Å². The number of rotatable bonds is 4. The summed E-state index contributed by atoms with van der Waals surface area (Å²) < 4.78 is 43.1. The molecule has 0 saturated heterocycles. The van der Waals surface area contributed by atoms with Crippen LogP contribution < -0.4 is 11.1 Å². The maximum atomic E-state index is 12.7. The van der Waals surface area contributed by atoms with Crippen LogP contribution in [0.5, 0.6) is 0 Å². The minimum absolute atomic E-state index is 0.0230. The number of ether oxygens (including phenoxy) is 1. The standard InChI is InChI=1S/C13H17F3N2O2/c1-12(2,20-3)7-11(19)18-8-4-5-10(17)9(6-8)13(14,15)16/h4-6H,7,17H2,1-3H3,(H,18,19). The third-order valence-corrected chi connectivity index (χ3v) is 2.78. The van der Waals surface area contributed by atoms with Gasteiger partial charge in [-0.1, -0.05) is 0 Å². The molecule has 0 atom stereocenters. The van der Waals surface area contributed by atoms with E-state index in [0.717, 1.165) is 12.1 Å². The van der Waals surface area contributed by atoms with Crippen LogP contribution in [0.1, 0.15) is 25.8 Å². The van der Waals surface area contributed by atoms with Crippen LogP contribution in [0.4, 0.5) is 24.5 Å². The van der Waals surface area contributed by atoms with Crippen molar-refractivity contribution < 1.29 is 22.7 Å². The zero-order valence-corrected chi connectivity index (χ0v) is 11.5. The molecule has 0 unspecified atom stereocenters. The Morgan fingerprint density at radius 2 is 1.95 bits per heavy atom. The molecule has 0 aliphatic rings. The van der Waals surface area contributed by atoms with E-state index in [1.807, 2.05) is 0 Å². The van der Waals surface area contributed by atoms with Gasteiger partial charge in [-0.3, -0.25) is 4.79 Å². The molecule has 1 amide bonds. The van der Waals surface area contributed by atoms with Crippen LogP contribution in [-0.4, -0.2) is 18.6 Å². The molecule has 0 radical (unpaired) electrons. The van der Waals surface area contributed by atoms with E-state index in [0.29, 0.717) is 0 Å². The van der Waals surface area contributed by atoms with E-state index in [9.17, 15) is 18.0 Å². The molecule has 1 rings (SSSR count). The van der Waals surface area contributed by atoms with Crippen molar-refractivity contribution in [3.05, 3.63) is 23.8 Å². The highest BCUT2D eigenvalue weighted by molar-refractivity contribution is 5.91. The zero-order chi connectivity index (χ0) is 15.6. The topological polar surface area (TPSA) is 64.3 Å². The summed E-state index contributed by atoms with van der Waals surface area (Å²) in [7, 11) is 1.46. The SMILES string of the molecule is COC(C)(C)CC(=O)Nc1ccc(N)c(C(F)(F)F)c1. The fourth-order valence-corrected chi connectivity index (χ4v) is 1.54. The highest BCUT2D eigenvalue weighted by atomic mass is 19.4. The number of hydrogen-bond donors (Lipinski definition) is 2. The van der Waals surface area contributed by atoms with Gasteiger partial charge in [0.15, 0.2) is 0 Å². The van der Waals surface area contributed by atoms with Crippen LogP contribution in [0.2, 0.25) is 0 Å². The number of nitrogens with two attached hydrogens (primary N) is 1. The van der Waals surface area contributed by atoms with Crippen LogP contribution >= 0.6 is 0 Å². The lowest BCUT2D eigenvalue weighted by Gasteiger charge is -2.22. The van der Waals surface area contributed by atoms with Gasteiger partial charge in [-0.15, -0.1) is 0 Å². The van der Waals surface area contributed by atoms with Crippen LogP contribution in [0.15, 0.2) is 18.2 Å². The molecule has 0 bridgehead atoms. The predicted molar refractivity (Wildman–Crippen MR) is 70.2 cm³/mol. The third kappa shape index (κ3) is 4.41. The van der Waals surface area contributed by atoms with E-state index < -0.39 is 23.2 Å². The van der Waals surface area contributed by atoms with Gasteiger partial charge in [0, 0.05) is 18.5 Å². The van der Waals surface area contributed by atoms with Crippen molar-refractivity contribution in [3.63, 3.8) is 0 Å². The minimum Gasteiger partial charge on any atom is -0.398 e. The van der Waals surface area contributed by atoms with Gasteiger partial charge < -0.3 is 15.8 Å². The Labute approximate surface area is 115 Å². The van der Waals surface area contributed by atoms with Gasteiger partial charge in [0.25, 0.3) is 0 Å². The van der Waals surface area contributed by atoms with Crippen molar-refractivity contribution >= 4 is 17.3 Å². The van der Waals surface area contributed by atoms with E-state index in [4.69, 9.17) is 10.5 Å². The number of anilines is 2. The van der Waals surface area contributed by atoms with Crippen molar-refractivity contribution in [1.82, 2.24) is 0 Å². The van der Waals surface area contributed by atoms with Crippen molar-refractivity contribution in [2.24, 2.45) is 0 Å². The molecule has 20 heavy (non-hydrogen) atoms. The second-order valence-electron chi connectivity index (χ2n) is 4.99. The summed E-state index contributed by atoms with van der Waals surface area (Å²) in [6.07, 6.45) is -4.54. The number of carbonyl (C=O) groups excluding carboxylic acids is 1. The van der Waals surface area contributed by atoms with Gasteiger partial charge in [0.1, 0.15) is 0 Å². The lowest BCUT2D eigenvalue weighted by Crippen LogP contribution is -2.29. The molecule has 1 aromatic carbocycles. The summed E-state index contributed by atoms with van der Waals surface area (Å²) in [5.41, 5.74) is 3.28. The van der Waals surface area contributed by atoms with Gasteiger partial charge >= 0.3 is 6.18 Å². The van der Waals surface area contributed by atoms with Crippen LogP contribution in [0.25, 0.3) is 0 Å². The summed E-state index contributed by atoms with van der Waals surface area (Å²) in [6.45, 7) is 3.41. The van der Waals surface area contributed by atoms with Crippen LogP contribution in [0, 0.1) is 0 Å². The smallest absolute Gasteiger partial charge is 0.398 e. The van der Waals surface area contributed by atoms with E-state index >= 15 is 0 Å². The Kier molecular flexibility index (Phi) is 4.65. The number of carbonyl (C=O) groups is 1. The Hall–Kier alpha value is -1.76. The highest BCUT2D eigenvalue weighted by Gasteiger charge is 2.33. The molecule has 0 aliphatic carbocycles. The summed E-state index contributed by atoms with van der Waals surface area (Å²) in [6, 6.07) is 3.25. The third-order valence-electron chi connectivity index (χ3n) is 2.78. The molecule has 0 aliphatic heterocycles. The lowest BCUT2D eigenvalue weighted by molar-refractivity contribution is -0.137. The van der Waals surface area contributed by atoms with Crippen molar-refractivity contribution in [2.45, 2.75) is 32.0 Å². The van der Waals surface area contributed by atoms with Gasteiger partial charge in [-0.2, -0.15) is 13.2 Å². The fourth-order valence-electron chi connectivity index (χ4n) is 1.54. The Morgan fingerprint density at radius 3 is 2.45 bits per heavy atom. The number of benzene rings is 1. The molecular formula is C13H17F3N2O2. The molecule has 0 heterocycles. The average Bonchev–Trinajstić information content (AvgIpc) is 2.29. The normalized spacial score (nSPS) is 12.3. The number of nitrogens with one attached hydrogen (secondary N) is 1. The highest BCUT2D eigenvalue weighted by Crippen LogP contribution is 2.35. The maximum absolute atomic E-state index is 12.7. The molecule has 1 aromatic rings. The summed E-state index contributed by atoms with van der Waals surface area (Å²) in [5.74, 6) is -0.435. The van der Waals surface area contributed by atoms with E-state index in [1.54, 1.807) is 13.8 Å². The Balaban J connectivity index is 2.87. The second-order valence-corrected chi connectivity index (χ2v) is 4.99. The van der Waals surface area contributed by atoms with E-state index in [-0.39, 0.29) is 17.8 Å². The van der Waals surface area contributed by atoms with Gasteiger partial charge in [0.2, 0.25) is 5.91 Å². The second kappa shape index (κ2) is 5.70. The first-order valence-corrected chi connectivity index (χ1v) is 5.87. The van der Waals surface area contributed by atoms with Crippen molar-refractivity contribution in [3.8, 4) is 0 Å². The molecule has 112 valence electrons.